The molecular weight excluding hydrogens is 305 g/mol. The van der Waals surface area contributed by atoms with E-state index in [1.54, 1.807) is 11.0 Å². The Kier molecular flexibility index (Phi) is 2.95. The fraction of sp³-hybridized carbons (Fsp3) is 0.182. The van der Waals surface area contributed by atoms with Gasteiger partial charge in [-0.2, -0.15) is 0 Å². The van der Waals surface area contributed by atoms with Crippen LogP contribution in [0.25, 0.3) is 0 Å². The highest BCUT2D eigenvalue weighted by atomic mass is 127. The molecule has 1 aliphatic rings. The van der Waals surface area contributed by atoms with E-state index in [0.717, 1.165) is 9.26 Å². The summed E-state index contributed by atoms with van der Waals surface area (Å²) < 4.78 is 6.11. The van der Waals surface area contributed by atoms with Crippen molar-refractivity contribution in [3.05, 3.63) is 40.5 Å². The maximum atomic E-state index is 11.5. The van der Waals surface area contributed by atoms with Crippen molar-refractivity contribution in [2.24, 2.45) is 0 Å². The van der Waals surface area contributed by atoms with Crippen LogP contribution in [-0.4, -0.2) is 18.7 Å². The minimum atomic E-state index is -0.305. The second-order valence-corrected chi connectivity index (χ2v) is 4.47. The smallest absolute Gasteiger partial charge is 0.415 e. The molecule has 1 atom stereocenters. The molecule has 0 aliphatic carbocycles. The zero-order valence-corrected chi connectivity index (χ0v) is 10.2. The van der Waals surface area contributed by atoms with Gasteiger partial charge in [-0.05, 0) is 46.9 Å². The van der Waals surface area contributed by atoms with E-state index in [1.165, 1.54) is 0 Å². The Morgan fingerprint density at radius 1 is 1.47 bits per heavy atom. The molecule has 4 heteroatoms. The Hall–Kier alpha value is -1.04. The molecule has 0 spiro atoms. The van der Waals surface area contributed by atoms with Crippen LogP contribution in [0.4, 0.5) is 10.5 Å². The van der Waals surface area contributed by atoms with Gasteiger partial charge in [0.1, 0.15) is 6.61 Å². The van der Waals surface area contributed by atoms with Crippen LogP contribution < -0.4 is 4.90 Å². The summed E-state index contributed by atoms with van der Waals surface area (Å²) in [7, 11) is 0. The lowest BCUT2D eigenvalue weighted by Gasteiger charge is -2.18. The van der Waals surface area contributed by atoms with Crippen LogP contribution in [0.5, 0.6) is 0 Å². The molecule has 1 aromatic rings. The van der Waals surface area contributed by atoms with Gasteiger partial charge >= 0.3 is 6.09 Å². The SMILES string of the molecule is C=CC1COC(=O)N1c1ccc(I)cc1. The van der Waals surface area contributed by atoms with Crippen molar-refractivity contribution in [3.63, 3.8) is 0 Å². The van der Waals surface area contributed by atoms with E-state index in [-0.39, 0.29) is 12.1 Å². The van der Waals surface area contributed by atoms with Gasteiger partial charge in [-0.15, -0.1) is 6.58 Å². The average Bonchev–Trinajstić information content (AvgIpc) is 2.61. The third kappa shape index (κ3) is 1.99. The summed E-state index contributed by atoms with van der Waals surface area (Å²) in [5.74, 6) is 0. The number of halogens is 1. The summed E-state index contributed by atoms with van der Waals surface area (Å²) in [5, 5.41) is 0. The Morgan fingerprint density at radius 2 is 2.13 bits per heavy atom. The highest BCUT2D eigenvalue weighted by Crippen LogP contribution is 2.24. The topological polar surface area (TPSA) is 29.5 Å². The van der Waals surface area contributed by atoms with Crippen LogP contribution in [0, 0.1) is 3.57 Å². The third-order valence-electron chi connectivity index (χ3n) is 2.28. The molecule has 0 bridgehead atoms. The van der Waals surface area contributed by atoms with E-state index in [4.69, 9.17) is 4.74 Å². The van der Waals surface area contributed by atoms with E-state index in [1.807, 2.05) is 24.3 Å². The van der Waals surface area contributed by atoms with Crippen molar-refractivity contribution in [1.29, 1.82) is 0 Å². The summed E-state index contributed by atoms with van der Waals surface area (Å²) >= 11 is 2.22. The van der Waals surface area contributed by atoms with Crippen LogP contribution in [0.15, 0.2) is 36.9 Å². The van der Waals surface area contributed by atoms with Crippen molar-refractivity contribution >= 4 is 34.4 Å². The molecule has 78 valence electrons. The molecule has 1 amide bonds. The number of nitrogens with zero attached hydrogens (tertiary/aromatic N) is 1. The third-order valence-corrected chi connectivity index (χ3v) is 3.00. The summed E-state index contributed by atoms with van der Waals surface area (Å²) in [6, 6.07) is 7.68. The monoisotopic (exact) mass is 315 g/mol. The van der Waals surface area contributed by atoms with Crippen LogP contribution in [0.3, 0.4) is 0 Å². The Balaban J connectivity index is 2.32. The lowest BCUT2D eigenvalue weighted by atomic mass is 10.2. The molecule has 0 radical (unpaired) electrons. The van der Waals surface area contributed by atoms with E-state index in [0.29, 0.717) is 6.61 Å². The number of carbonyl (C=O) groups excluding carboxylic acids is 1. The quantitative estimate of drug-likeness (QED) is 0.620. The number of rotatable bonds is 2. The largest absolute Gasteiger partial charge is 0.447 e. The molecular formula is C11H10INO2. The van der Waals surface area contributed by atoms with Crippen LogP contribution in [0.1, 0.15) is 0 Å². The lowest BCUT2D eigenvalue weighted by Crippen LogP contribution is -2.31. The number of cyclic esters (lactones) is 1. The molecule has 1 saturated heterocycles. The van der Waals surface area contributed by atoms with Gasteiger partial charge in [-0.1, -0.05) is 6.08 Å². The number of amides is 1. The first-order valence-corrected chi connectivity index (χ1v) is 5.64. The zero-order valence-electron chi connectivity index (χ0n) is 8.02. The molecule has 0 saturated carbocycles. The molecule has 1 aromatic carbocycles. The lowest BCUT2D eigenvalue weighted by molar-refractivity contribution is 0.180. The normalized spacial score (nSPS) is 20.2. The van der Waals surface area contributed by atoms with Gasteiger partial charge in [0, 0.05) is 9.26 Å². The van der Waals surface area contributed by atoms with Gasteiger partial charge < -0.3 is 4.74 Å². The van der Waals surface area contributed by atoms with Crippen LogP contribution in [-0.2, 0) is 4.74 Å². The molecule has 1 fully saturated rings. The van der Waals surface area contributed by atoms with Gasteiger partial charge in [-0.3, -0.25) is 4.90 Å². The molecule has 1 aliphatic heterocycles. The summed E-state index contributed by atoms with van der Waals surface area (Å²) in [6.07, 6.45) is 1.42. The van der Waals surface area contributed by atoms with E-state index < -0.39 is 0 Å². The van der Waals surface area contributed by atoms with Crippen LogP contribution >= 0.6 is 22.6 Å². The second kappa shape index (κ2) is 4.22. The number of ether oxygens (including phenoxy) is 1. The molecule has 1 heterocycles. The van der Waals surface area contributed by atoms with Gasteiger partial charge in [0.2, 0.25) is 0 Å². The average molecular weight is 315 g/mol. The fourth-order valence-corrected chi connectivity index (χ4v) is 1.87. The number of hydrogen-bond donors (Lipinski definition) is 0. The van der Waals surface area contributed by atoms with Crippen LogP contribution in [0.2, 0.25) is 0 Å². The van der Waals surface area contributed by atoms with Crippen molar-refractivity contribution in [1.82, 2.24) is 0 Å². The maximum absolute atomic E-state index is 11.5. The first-order valence-electron chi connectivity index (χ1n) is 4.56. The number of hydrogen-bond acceptors (Lipinski definition) is 2. The van der Waals surface area contributed by atoms with E-state index in [2.05, 4.69) is 29.2 Å². The summed E-state index contributed by atoms with van der Waals surface area (Å²) in [6.45, 7) is 4.08. The Bertz CT molecular complexity index is 388. The predicted octanol–water partition coefficient (Wildman–Crippen LogP) is 2.80. The van der Waals surface area contributed by atoms with Crippen molar-refractivity contribution in [2.75, 3.05) is 11.5 Å². The predicted molar refractivity (Wildman–Crippen MR) is 67.0 cm³/mol. The number of carbonyl (C=O) groups is 1. The molecule has 2 rings (SSSR count). The van der Waals surface area contributed by atoms with Gasteiger partial charge in [0.05, 0.1) is 6.04 Å². The highest BCUT2D eigenvalue weighted by molar-refractivity contribution is 14.1. The first kappa shape index (κ1) is 10.5. The fourth-order valence-electron chi connectivity index (χ4n) is 1.51. The number of anilines is 1. The van der Waals surface area contributed by atoms with Gasteiger partial charge in [-0.25, -0.2) is 4.79 Å². The highest BCUT2D eigenvalue weighted by Gasteiger charge is 2.31. The number of benzene rings is 1. The van der Waals surface area contributed by atoms with Crippen molar-refractivity contribution in [2.45, 2.75) is 6.04 Å². The molecule has 1 unspecified atom stereocenters. The Labute approximate surface area is 102 Å². The first-order chi connectivity index (χ1) is 7.22. The summed E-state index contributed by atoms with van der Waals surface area (Å²) in [5.41, 5.74) is 0.850. The van der Waals surface area contributed by atoms with Crippen molar-refractivity contribution < 1.29 is 9.53 Å². The minimum Gasteiger partial charge on any atom is -0.447 e. The minimum absolute atomic E-state index is 0.0578. The molecule has 0 N–H and O–H groups in total. The van der Waals surface area contributed by atoms with Gasteiger partial charge in [0.15, 0.2) is 0 Å². The van der Waals surface area contributed by atoms with Crippen molar-refractivity contribution in [3.8, 4) is 0 Å². The second-order valence-electron chi connectivity index (χ2n) is 3.23. The maximum Gasteiger partial charge on any atom is 0.415 e. The molecule has 3 nitrogen and oxygen atoms in total. The molecule has 15 heavy (non-hydrogen) atoms. The van der Waals surface area contributed by atoms with Gasteiger partial charge in [0.25, 0.3) is 0 Å². The molecule has 0 aromatic heterocycles. The zero-order chi connectivity index (χ0) is 10.8. The summed E-state index contributed by atoms with van der Waals surface area (Å²) in [4.78, 5) is 13.1. The van der Waals surface area contributed by atoms with E-state index >= 15 is 0 Å². The standard InChI is InChI=1S/C11H10INO2/c1-2-9-7-15-11(14)13(9)10-5-3-8(12)4-6-10/h2-6,9H,1,7H2. The van der Waals surface area contributed by atoms with E-state index in [9.17, 15) is 4.79 Å². The Morgan fingerprint density at radius 3 is 2.73 bits per heavy atom.